The lowest BCUT2D eigenvalue weighted by Crippen LogP contribution is -2.02. The fourth-order valence-corrected chi connectivity index (χ4v) is 3.30. The van der Waals surface area contributed by atoms with E-state index < -0.39 is 11.4 Å². The Kier molecular flexibility index (Phi) is 2.87. The molecule has 0 saturated carbocycles. The second-order valence-corrected chi connectivity index (χ2v) is 6.09. The highest BCUT2D eigenvalue weighted by atomic mass is 32.1. The van der Waals surface area contributed by atoms with Crippen molar-refractivity contribution in [2.75, 3.05) is 0 Å². The molecule has 22 heavy (non-hydrogen) atoms. The third kappa shape index (κ3) is 2.03. The van der Waals surface area contributed by atoms with Crippen molar-refractivity contribution in [1.82, 2.24) is 9.38 Å². The van der Waals surface area contributed by atoms with Gasteiger partial charge in [-0.2, -0.15) is 0 Å². The number of fused-ring (bicyclic) bond motifs is 2. The molecule has 0 aliphatic heterocycles. The first kappa shape index (κ1) is 13.2. The van der Waals surface area contributed by atoms with E-state index in [2.05, 4.69) is 11.9 Å². The normalized spacial score (nSPS) is 11.5. The fraction of sp³-hybridized carbons (Fsp3) is 0.125. The van der Waals surface area contributed by atoms with E-state index in [-0.39, 0.29) is 5.58 Å². The predicted molar refractivity (Wildman–Crippen MR) is 83.9 cm³/mol. The maximum atomic E-state index is 13.2. The van der Waals surface area contributed by atoms with E-state index in [1.807, 2.05) is 16.8 Å². The number of nitrogens with zero attached hydrogens (tertiary/aromatic N) is 2. The zero-order valence-electron chi connectivity index (χ0n) is 11.7. The van der Waals surface area contributed by atoms with Gasteiger partial charge < -0.3 is 4.42 Å². The SMILES string of the molecule is CCc1cn2cc(-c3cc4ccc(F)cc4oc3=O)nc2s1. The van der Waals surface area contributed by atoms with E-state index in [0.29, 0.717) is 16.6 Å². The van der Waals surface area contributed by atoms with Gasteiger partial charge in [0.25, 0.3) is 0 Å². The third-order valence-electron chi connectivity index (χ3n) is 3.53. The highest BCUT2D eigenvalue weighted by Gasteiger charge is 2.13. The summed E-state index contributed by atoms with van der Waals surface area (Å²) >= 11 is 1.59. The topological polar surface area (TPSA) is 47.5 Å². The van der Waals surface area contributed by atoms with Crippen LogP contribution in [0.1, 0.15) is 11.8 Å². The van der Waals surface area contributed by atoms with Crippen LogP contribution in [0.15, 0.2) is 45.9 Å². The molecule has 0 N–H and O–H groups in total. The number of aromatic nitrogens is 2. The van der Waals surface area contributed by atoms with Crippen LogP contribution in [0.4, 0.5) is 4.39 Å². The molecule has 4 rings (SSSR count). The van der Waals surface area contributed by atoms with Crippen LogP contribution in [0.2, 0.25) is 0 Å². The van der Waals surface area contributed by atoms with Crippen LogP contribution in [-0.2, 0) is 6.42 Å². The van der Waals surface area contributed by atoms with Crippen molar-refractivity contribution in [3.8, 4) is 11.3 Å². The molecule has 3 heterocycles. The summed E-state index contributed by atoms with van der Waals surface area (Å²) in [5.41, 5.74) is 0.671. The molecule has 0 spiro atoms. The van der Waals surface area contributed by atoms with Gasteiger partial charge in [0.1, 0.15) is 11.4 Å². The van der Waals surface area contributed by atoms with E-state index in [9.17, 15) is 9.18 Å². The summed E-state index contributed by atoms with van der Waals surface area (Å²) in [7, 11) is 0. The van der Waals surface area contributed by atoms with Crippen molar-refractivity contribution in [2.24, 2.45) is 0 Å². The van der Waals surface area contributed by atoms with Crippen LogP contribution in [0, 0.1) is 5.82 Å². The fourth-order valence-electron chi connectivity index (χ4n) is 2.40. The molecular weight excluding hydrogens is 303 g/mol. The van der Waals surface area contributed by atoms with E-state index in [4.69, 9.17) is 4.42 Å². The first-order valence-electron chi connectivity index (χ1n) is 6.85. The third-order valence-corrected chi connectivity index (χ3v) is 4.67. The average Bonchev–Trinajstić information content (AvgIpc) is 3.04. The number of hydrogen-bond acceptors (Lipinski definition) is 4. The van der Waals surface area contributed by atoms with Gasteiger partial charge in [-0.05, 0) is 24.6 Å². The number of aryl methyl sites for hydroxylation is 1. The standard InChI is InChI=1S/C16H11FN2O2S/c1-2-11-7-19-8-13(18-16(19)22-11)12-5-9-3-4-10(17)6-14(9)21-15(12)20/h3-8H,2H2,1H3. The van der Waals surface area contributed by atoms with Crippen molar-refractivity contribution >= 4 is 27.3 Å². The van der Waals surface area contributed by atoms with Crippen LogP contribution in [0.3, 0.4) is 0 Å². The Morgan fingerprint density at radius 2 is 2.18 bits per heavy atom. The molecule has 0 amide bonds. The minimum Gasteiger partial charge on any atom is -0.422 e. The van der Waals surface area contributed by atoms with Crippen molar-refractivity contribution in [1.29, 1.82) is 0 Å². The van der Waals surface area contributed by atoms with E-state index in [0.717, 1.165) is 11.4 Å². The summed E-state index contributed by atoms with van der Waals surface area (Å²) in [6, 6.07) is 5.82. The monoisotopic (exact) mass is 314 g/mol. The van der Waals surface area contributed by atoms with Crippen molar-refractivity contribution in [2.45, 2.75) is 13.3 Å². The first-order chi connectivity index (χ1) is 10.6. The molecule has 0 aliphatic carbocycles. The Bertz CT molecular complexity index is 1030. The van der Waals surface area contributed by atoms with Gasteiger partial charge in [0.2, 0.25) is 0 Å². The minimum atomic E-state index is -0.514. The quantitative estimate of drug-likeness (QED) is 0.528. The second-order valence-electron chi connectivity index (χ2n) is 5.00. The largest absolute Gasteiger partial charge is 0.422 e. The van der Waals surface area contributed by atoms with E-state index in [1.165, 1.54) is 17.0 Å². The summed E-state index contributed by atoms with van der Waals surface area (Å²) in [5.74, 6) is -0.432. The van der Waals surface area contributed by atoms with Gasteiger partial charge >= 0.3 is 5.63 Å². The molecule has 110 valence electrons. The Balaban J connectivity index is 1.90. The highest BCUT2D eigenvalue weighted by Crippen LogP contribution is 2.25. The van der Waals surface area contributed by atoms with Crippen molar-refractivity contribution in [3.63, 3.8) is 0 Å². The molecule has 6 heteroatoms. The number of halogens is 1. The van der Waals surface area contributed by atoms with Crippen molar-refractivity contribution < 1.29 is 8.81 Å². The van der Waals surface area contributed by atoms with E-state index in [1.54, 1.807) is 23.5 Å². The Morgan fingerprint density at radius 3 is 2.95 bits per heavy atom. The average molecular weight is 314 g/mol. The van der Waals surface area contributed by atoms with Gasteiger partial charge in [-0.15, -0.1) is 11.3 Å². The predicted octanol–water partition coefficient (Wildman–Crippen LogP) is 3.87. The zero-order valence-corrected chi connectivity index (χ0v) is 12.5. The number of imidazole rings is 1. The molecular formula is C16H11FN2O2S. The lowest BCUT2D eigenvalue weighted by Gasteiger charge is -1.99. The molecule has 1 aromatic carbocycles. The molecule has 0 aliphatic rings. The Hall–Kier alpha value is -2.47. The highest BCUT2D eigenvalue weighted by molar-refractivity contribution is 7.17. The summed E-state index contributed by atoms with van der Waals surface area (Å²) in [5, 5.41) is 0.668. The number of thiazole rings is 1. The van der Waals surface area contributed by atoms with Crippen LogP contribution in [0.5, 0.6) is 0 Å². The molecule has 0 bridgehead atoms. The van der Waals surface area contributed by atoms with Crippen LogP contribution >= 0.6 is 11.3 Å². The summed E-state index contributed by atoms with van der Waals surface area (Å²) in [4.78, 5) is 18.7. The maximum Gasteiger partial charge on any atom is 0.345 e. The van der Waals surface area contributed by atoms with Crippen molar-refractivity contribution in [3.05, 3.63) is 57.8 Å². The molecule has 3 aromatic heterocycles. The smallest absolute Gasteiger partial charge is 0.345 e. The molecule has 0 radical (unpaired) electrons. The van der Waals surface area contributed by atoms with Gasteiger partial charge in [0.15, 0.2) is 4.96 Å². The lowest BCUT2D eigenvalue weighted by atomic mass is 10.1. The minimum absolute atomic E-state index is 0.239. The molecule has 0 unspecified atom stereocenters. The van der Waals surface area contributed by atoms with Gasteiger partial charge in [0.05, 0.1) is 11.3 Å². The summed E-state index contributed by atoms with van der Waals surface area (Å²) in [6.45, 7) is 2.09. The van der Waals surface area contributed by atoms with Gasteiger partial charge in [0, 0.05) is 28.7 Å². The zero-order chi connectivity index (χ0) is 15.3. The van der Waals surface area contributed by atoms with Crippen LogP contribution in [0.25, 0.3) is 27.2 Å². The van der Waals surface area contributed by atoms with Crippen LogP contribution < -0.4 is 5.63 Å². The van der Waals surface area contributed by atoms with Gasteiger partial charge in [-0.25, -0.2) is 14.2 Å². The number of hydrogen-bond donors (Lipinski definition) is 0. The van der Waals surface area contributed by atoms with E-state index >= 15 is 0 Å². The second kappa shape index (κ2) is 4.78. The first-order valence-corrected chi connectivity index (χ1v) is 7.67. The Labute approximate surface area is 128 Å². The van der Waals surface area contributed by atoms with Gasteiger partial charge in [-0.3, -0.25) is 4.40 Å². The van der Waals surface area contributed by atoms with Gasteiger partial charge in [-0.1, -0.05) is 6.92 Å². The molecule has 4 aromatic rings. The maximum absolute atomic E-state index is 13.2. The summed E-state index contributed by atoms with van der Waals surface area (Å²) in [6.07, 6.45) is 4.77. The molecule has 0 saturated heterocycles. The Morgan fingerprint density at radius 1 is 1.32 bits per heavy atom. The lowest BCUT2D eigenvalue weighted by molar-refractivity contribution is 0.556. The molecule has 0 atom stereocenters. The summed E-state index contributed by atoms with van der Waals surface area (Å²) < 4.78 is 20.3. The number of rotatable bonds is 2. The number of benzene rings is 1. The molecule has 4 nitrogen and oxygen atoms in total. The molecule has 0 fully saturated rings. The van der Waals surface area contributed by atoms with Crippen LogP contribution in [-0.4, -0.2) is 9.38 Å².